The molecule has 0 saturated carbocycles. The Morgan fingerprint density at radius 3 is 1.21 bits per heavy atom. The molecule has 0 radical (unpaired) electrons. The first-order valence-electron chi connectivity index (χ1n) is 20.1. The monoisotopic (exact) mass is 688 g/mol. The van der Waals surface area contributed by atoms with Gasteiger partial charge >= 0.3 is 0 Å². The van der Waals surface area contributed by atoms with E-state index in [2.05, 4.69) is 62.3 Å². The van der Waals surface area contributed by atoms with Crippen molar-refractivity contribution in [1.29, 1.82) is 0 Å². The molecule has 5 atom stereocenters. The van der Waals surface area contributed by atoms with Gasteiger partial charge in [-0.3, -0.25) is 4.90 Å². The standard InChI is InChI=1S/C17H25F4N.4C6H13.Al/c1-4-5-6-7-8-9-10-11-22(3)17-14(19)12(2)13(18)15(20)16(17)21;4*1-4-5-6(2)3;/h4-11H2,1-3H3;4*6H,2,4-5H2,1,3H3;/q;;;;;-1/p+1. The van der Waals surface area contributed by atoms with E-state index in [-0.39, 0.29) is 0 Å². The molecule has 1 N–H and O–H groups in total. The molecule has 278 valence electrons. The quantitative estimate of drug-likeness (QED) is 0.0343. The van der Waals surface area contributed by atoms with Crippen LogP contribution in [0, 0.1) is 53.9 Å². The predicted octanol–water partition coefficient (Wildman–Crippen LogP) is 13.6. The van der Waals surface area contributed by atoms with Crippen molar-refractivity contribution in [1.82, 2.24) is 0 Å². The maximum atomic E-state index is 14.0. The van der Waals surface area contributed by atoms with Crippen molar-refractivity contribution < 1.29 is 22.5 Å². The van der Waals surface area contributed by atoms with Crippen LogP contribution in [0.2, 0.25) is 21.1 Å². The van der Waals surface area contributed by atoms with E-state index < -0.39 is 47.6 Å². The van der Waals surface area contributed by atoms with Crippen molar-refractivity contribution in [2.45, 2.75) is 187 Å². The number of unbranched alkanes of at least 4 members (excludes halogenated alkanes) is 6. The highest BCUT2D eigenvalue weighted by molar-refractivity contribution is 6.80. The zero-order valence-electron chi connectivity index (χ0n) is 33.0. The molecule has 0 amide bonds. The summed E-state index contributed by atoms with van der Waals surface area (Å²) in [5, 5.41) is 6.54. The zero-order valence-corrected chi connectivity index (χ0v) is 34.2. The fourth-order valence-electron chi connectivity index (χ4n) is 9.03. The van der Waals surface area contributed by atoms with Gasteiger partial charge in [0.05, 0.1) is 13.6 Å². The van der Waals surface area contributed by atoms with Crippen LogP contribution in [0.1, 0.15) is 164 Å². The molecule has 1 aromatic carbocycles. The third kappa shape index (κ3) is 18.3. The molecule has 1 aromatic rings. The van der Waals surface area contributed by atoms with Crippen LogP contribution >= 0.6 is 0 Å². The highest BCUT2D eigenvalue weighted by Gasteiger charge is 2.34. The molecular weight excluding hydrogens is 609 g/mol. The van der Waals surface area contributed by atoms with Gasteiger partial charge in [0.15, 0.2) is 11.6 Å². The van der Waals surface area contributed by atoms with Crippen LogP contribution in [-0.2, 0) is 0 Å². The molecule has 0 bridgehead atoms. The van der Waals surface area contributed by atoms with Gasteiger partial charge in [-0.15, -0.1) is 0 Å². The van der Waals surface area contributed by atoms with Gasteiger partial charge in [0, 0.05) is 5.56 Å². The number of hydrogen-bond donors (Lipinski definition) is 1. The second kappa shape index (κ2) is 26.3. The Morgan fingerprint density at radius 1 is 0.489 bits per heavy atom. The van der Waals surface area contributed by atoms with Crippen LogP contribution in [0.4, 0.5) is 23.2 Å². The zero-order chi connectivity index (χ0) is 36.0. The van der Waals surface area contributed by atoms with Crippen LogP contribution in [0.15, 0.2) is 0 Å². The molecule has 5 unspecified atom stereocenters. The minimum absolute atomic E-state index is 0.401. The summed E-state index contributed by atoms with van der Waals surface area (Å²) in [5.74, 6) is -1.58. The van der Waals surface area contributed by atoms with E-state index in [4.69, 9.17) is 0 Å². The van der Waals surface area contributed by atoms with Crippen molar-refractivity contribution in [2.24, 2.45) is 23.7 Å². The van der Waals surface area contributed by atoms with Crippen molar-refractivity contribution in [2.75, 3.05) is 13.6 Å². The first kappa shape index (κ1) is 46.4. The van der Waals surface area contributed by atoms with Crippen LogP contribution in [0.25, 0.3) is 0 Å². The Hall–Kier alpha value is -0.568. The largest absolute Gasteiger partial charge is 0.300 e. The van der Waals surface area contributed by atoms with Gasteiger partial charge in [0.25, 0.3) is 0 Å². The van der Waals surface area contributed by atoms with Gasteiger partial charge in [-0.05, 0) is 19.8 Å². The maximum absolute atomic E-state index is 14.0. The summed E-state index contributed by atoms with van der Waals surface area (Å²) in [4.78, 5) is 0.436. The maximum Gasteiger partial charge on any atom is 0.225 e. The van der Waals surface area contributed by atoms with E-state index >= 15 is 0 Å². The van der Waals surface area contributed by atoms with E-state index in [1.807, 2.05) is 0 Å². The smallest absolute Gasteiger partial charge is 0.225 e. The summed E-state index contributed by atoms with van der Waals surface area (Å²) in [7, 11) is 1.58. The Kier molecular flexibility index (Phi) is 26.0. The normalized spacial score (nSPS) is 16.1. The summed E-state index contributed by atoms with van der Waals surface area (Å²) in [6.45, 7) is 23.5. The van der Waals surface area contributed by atoms with E-state index in [0.717, 1.165) is 49.9 Å². The average Bonchev–Trinajstić information content (AvgIpc) is 2.99. The number of benzene rings is 1. The number of hydrogen-bond acceptors (Lipinski definition) is 0. The Labute approximate surface area is 293 Å². The van der Waals surface area contributed by atoms with E-state index in [1.54, 1.807) is 28.2 Å². The van der Waals surface area contributed by atoms with Gasteiger partial charge < -0.3 is 0 Å². The fraction of sp³-hybridized carbons (Fsp3) is 0.854. The highest BCUT2D eigenvalue weighted by atomic mass is 27.2. The molecule has 0 saturated heterocycles. The molecule has 1 nitrogen and oxygen atoms in total. The second-order valence-corrected chi connectivity index (χ2v) is 21.5. The van der Waals surface area contributed by atoms with Gasteiger partial charge in [-0.2, -0.15) is 29.9 Å². The Morgan fingerprint density at radius 2 is 0.851 bits per heavy atom. The van der Waals surface area contributed by atoms with E-state index in [0.29, 0.717) is 11.4 Å². The van der Waals surface area contributed by atoms with Crippen molar-refractivity contribution in [3.05, 3.63) is 28.8 Å². The molecule has 0 aliphatic rings. The minimum atomic E-state index is -1.59. The molecule has 47 heavy (non-hydrogen) atoms. The molecule has 0 aliphatic heterocycles. The Balaban J connectivity index is 0.000000907. The summed E-state index contributed by atoms with van der Waals surface area (Å²) in [6.07, 6.45) is 19.0. The lowest BCUT2D eigenvalue weighted by molar-refractivity contribution is -0.813. The van der Waals surface area contributed by atoms with Crippen molar-refractivity contribution in [3.8, 4) is 0 Å². The molecule has 0 aromatic heterocycles. The predicted molar refractivity (Wildman–Crippen MR) is 202 cm³/mol. The molecule has 0 spiro atoms. The van der Waals surface area contributed by atoms with E-state index in [1.165, 1.54) is 77.0 Å². The lowest BCUT2D eigenvalue weighted by Crippen LogP contribution is -3.04. The van der Waals surface area contributed by atoms with Crippen LogP contribution in [-0.4, -0.2) is 26.7 Å². The average molecular weight is 688 g/mol. The molecule has 6 heteroatoms. The summed E-state index contributed by atoms with van der Waals surface area (Å²) < 4.78 is 54.5. The van der Waals surface area contributed by atoms with Gasteiger partial charge in [0.1, 0.15) is 13.1 Å². The first-order chi connectivity index (χ1) is 22.2. The highest BCUT2D eigenvalue weighted by Crippen LogP contribution is 2.41. The van der Waals surface area contributed by atoms with Crippen LogP contribution < -0.4 is 4.90 Å². The lowest BCUT2D eigenvalue weighted by Gasteiger charge is -2.44. The van der Waals surface area contributed by atoms with Crippen molar-refractivity contribution >= 4 is 18.8 Å². The van der Waals surface area contributed by atoms with Gasteiger partial charge in [-0.1, -0.05) is 169 Å². The van der Waals surface area contributed by atoms with E-state index in [9.17, 15) is 17.6 Å². The fourth-order valence-corrected chi connectivity index (χ4v) is 18.0. The minimum Gasteiger partial charge on any atom is -0.300 e. The SMILES string of the molecule is CCCC(C)[CH2][Al-]([CH2]C(C)CCC)([CH2]C(C)CCC)[CH2]C(C)CCC.CCCCCCCCC[NH+](C)c1c(F)c(C)c(F)c(F)c1F. The molecular formula is C41H78AlF4N. The van der Waals surface area contributed by atoms with Gasteiger partial charge in [-0.25, -0.2) is 8.78 Å². The molecule has 0 heterocycles. The third-order valence-electron chi connectivity index (χ3n) is 10.8. The van der Waals surface area contributed by atoms with Gasteiger partial charge in [0.2, 0.25) is 17.3 Å². The second-order valence-electron chi connectivity index (χ2n) is 16.2. The number of rotatable bonds is 25. The summed E-state index contributed by atoms with van der Waals surface area (Å²) in [6, 6.07) is 0. The topological polar surface area (TPSA) is 4.44 Å². The first-order valence-corrected chi connectivity index (χ1v) is 23.4. The number of halogens is 4. The third-order valence-corrected chi connectivity index (χ3v) is 18.0. The molecule has 0 aliphatic carbocycles. The number of quaternary nitrogens is 1. The van der Waals surface area contributed by atoms with Crippen molar-refractivity contribution in [3.63, 3.8) is 0 Å². The molecule has 1 rings (SSSR count). The molecule has 0 fully saturated rings. The number of nitrogens with one attached hydrogen (secondary N) is 1. The van der Waals surface area contributed by atoms with Crippen LogP contribution in [0.5, 0.6) is 0 Å². The summed E-state index contributed by atoms with van der Waals surface area (Å²) >= 11 is -1.55. The van der Waals surface area contributed by atoms with Crippen LogP contribution in [0.3, 0.4) is 0 Å². The summed E-state index contributed by atoms with van der Waals surface area (Å²) in [5.41, 5.74) is -0.866. The Bertz CT molecular complexity index is 848. The lowest BCUT2D eigenvalue weighted by atomic mass is 10.1.